The number of thiazole rings is 1. The van der Waals surface area contributed by atoms with Crippen LogP contribution in [0.5, 0.6) is 0 Å². The Balaban J connectivity index is 1.29. The second kappa shape index (κ2) is 6.66. The van der Waals surface area contributed by atoms with Crippen LogP contribution in [0, 0.1) is 17.7 Å². The molecule has 0 radical (unpaired) electrons. The Morgan fingerprint density at radius 3 is 2.75 bits per heavy atom. The monoisotopic (exact) mass is 399 g/mol. The van der Waals surface area contributed by atoms with Crippen molar-refractivity contribution in [2.45, 2.75) is 18.9 Å². The van der Waals surface area contributed by atoms with Crippen LogP contribution in [-0.4, -0.2) is 50.2 Å². The Bertz CT molecular complexity index is 1020. The van der Waals surface area contributed by atoms with Gasteiger partial charge >= 0.3 is 0 Å². The van der Waals surface area contributed by atoms with Crippen LogP contribution in [0.2, 0.25) is 0 Å². The number of likely N-dealkylation sites (tertiary alicyclic amines) is 1. The van der Waals surface area contributed by atoms with Gasteiger partial charge in [-0.1, -0.05) is 0 Å². The number of imidazole rings is 1. The van der Waals surface area contributed by atoms with Gasteiger partial charge in [0.15, 0.2) is 10.8 Å². The molecule has 1 aliphatic heterocycles. The van der Waals surface area contributed by atoms with E-state index in [0.717, 1.165) is 24.0 Å². The summed E-state index contributed by atoms with van der Waals surface area (Å²) in [4.78, 5) is 36.1. The van der Waals surface area contributed by atoms with E-state index in [1.165, 1.54) is 23.6 Å². The van der Waals surface area contributed by atoms with E-state index in [9.17, 15) is 14.0 Å². The van der Waals surface area contributed by atoms with Gasteiger partial charge in [-0.15, -0.1) is 11.3 Å². The summed E-state index contributed by atoms with van der Waals surface area (Å²) in [6.07, 6.45) is 7.97. The van der Waals surface area contributed by atoms with E-state index in [-0.39, 0.29) is 29.3 Å². The zero-order valence-corrected chi connectivity index (χ0v) is 15.7. The summed E-state index contributed by atoms with van der Waals surface area (Å²) in [5.41, 5.74) is 0.457. The van der Waals surface area contributed by atoms with E-state index >= 15 is 0 Å². The van der Waals surface area contributed by atoms with Gasteiger partial charge in [0, 0.05) is 43.1 Å². The quantitative estimate of drug-likeness (QED) is 0.732. The van der Waals surface area contributed by atoms with Gasteiger partial charge in [-0.05, 0) is 30.7 Å². The highest BCUT2D eigenvalue weighted by Crippen LogP contribution is 2.37. The fourth-order valence-electron chi connectivity index (χ4n) is 4.41. The Morgan fingerprint density at radius 2 is 2.04 bits per heavy atom. The number of amides is 2. The van der Waals surface area contributed by atoms with Gasteiger partial charge in [0.2, 0.25) is 0 Å². The molecule has 1 saturated carbocycles. The highest BCUT2D eigenvalue weighted by molar-refractivity contribution is 7.15. The topological polar surface area (TPSA) is 79.6 Å². The zero-order valence-electron chi connectivity index (χ0n) is 14.9. The van der Waals surface area contributed by atoms with E-state index in [2.05, 4.69) is 15.3 Å². The lowest BCUT2D eigenvalue weighted by molar-refractivity contribution is 0.0593. The summed E-state index contributed by atoms with van der Waals surface area (Å²) in [5, 5.41) is 4.92. The van der Waals surface area contributed by atoms with Crippen LogP contribution in [0.3, 0.4) is 0 Å². The molecule has 5 rings (SSSR count). The second-order valence-electron chi connectivity index (χ2n) is 7.38. The van der Waals surface area contributed by atoms with Crippen molar-refractivity contribution in [3.63, 3.8) is 0 Å². The molecule has 3 atom stereocenters. The first-order valence-corrected chi connectivity index (χ1v) is 10.1. The summed E-state index contributed by atoms with van der Waals surface area (Å²) in [6, 6.07) is 1.34. The number of carbonyl (C=O) groups is 2. The van der Waals surface area contributed by atoms with Crippen molar-refractivity contribution < 1.29 is 14.0 Å². The number of rotatable bonds is 3. The molecule has 1 unspecified atom stereocenters. The predicted octanol–water partition coefficient (Wildman–Crippen LogP) is 2.21. The molecule has 2 amide bonds. The zero-order chi connectivity index (χ0) is 19.3. The second-order valence-corrected chi connectivity index (χ2v) is 8.25. The minimum atomic E-state index is -0.625. The number of hydrogen-bond acceptors (Lipinski definition) is 5. The van der Waals surface area contributed by atoms with Crippen LogP contribution >= 0.6 is 11.3 Å². The maximum atomic E-state index is 13.8. The van der Waals surface area contributed by atoms with Gasteiger partial charge in [-0.3, -0.25) is 19.0 Å². The number of fused-ring (bicyclic) bond motifs is 3. The normalized spacial score (nSPS) is 23.9. The Hall–Kier alpha value is -2.81. The predicted molar refractivity (Wildman–Crippen MR) is 101 cm³/mol. The third kappa shape index (κ3) is 2.86. The number of pyridine rings is 1. The minimum absolute atomic E-state index is 0.00554. The number of aromatic nitrogens is 3. The van der Waals surface area contributed by atoms with Crippen molar-refractivity contribution in [1.29, 1.82) is 0 Å². The van der Waals surface area contributed by atoms with Crippen molar-refractivity contribution in [2.75, 3.05) is 13.1 Å². The van der Waals surface area contributed by atoms with Gasteiger partial charge in [0.1, 0.15) is 5.69 Å². The molecule has 0 aromatic carbocycles. The molecule has 144 valence electrons. The number of nitrogens with zero attached hydrogens (tertiary/aromatic N) is 4. The van der Waals surface area contributed by atoms with Crippen LogP contribution in [0.15, 0.2) is 36.2 Å². The van der Waals surface area contributed by atoms with Crippen LogP contribution in [0.4, 0.5) is 4.39 Å². The first-order valence-electron chi connectivity index (χ1n) is 9.22. The fraction of sp³-hybridized carbons (Fsp3) is 0.368. The van der Waals surface area contributed by atoms with Crippen LogP contribution in [0.25, 0.3) is 4.96 Å². The largest absolute Gasteiger partial charge is 0.349 e. The van der Waals surface area contributed by atoms with Gasteiger partial charge < -0.3 is 10.2 Å². The summed E-state index contributed by atoms with van der Waals surface area (Å²) >= 11 is 1.49. The molecule has 2 bridgehead atoms. The van der Waals surface area contributed by atoms with Crippen LogP contribution in [-0.2, 0) is 0 Å². The molecular formula is C19H18FN5O2S. The summed E-state index contributed by atoms with van der Waals surface area (Å²) in [5.74, 6) is -0.783. The molecule has 28 heavy (non-hydrogen) atoms. The van der Waals surface area contributed by atoms with Crippen molar-refractivity contribution in [3.05, 3.63) is 53.3 Å². The van der Waals surface area contributed by atoms with E-state index < -0.39 is 11.7 Å². The Morgan fingerprint density at radius 1 is 1.25 bits per heavy atom. The van der Waals surface area contributed by atoms with Crippen molar-refractivity contribution in [2.24, 2.45) is 11.8 Å². The van der Waals surface area contributed by atoms with Crippen LogP contribution in [0.1, 0.15) is 33.7 Å². The number of nitrogens with one attached hydrogen (secondary N) is 1. The first-order chi connectivity index (χ1) is 13.6. The van der Waals surface area contributed by atoms with Gasteiger partial charge in [0.25, 0.3) is 11.8 Å². The van der Waals surface area contributed by atoms with Crippen molar-refractivity contribution >= 4 is 28.1 Å². The average molecular weight is 399 g/mol. The standard InChI is InChI=1S/C19H18FN5O2S/c20-14-7-21-4-3-13(14)17(26)23-16-11-1-2-12(16)9-25(8-11)18(27)15-10-24-5-6-28-19(24)22-15/h3-7,10-12,16H,1-2,8-9H2,(H,23,26)/t11-,12+,16?. The molecule has 7 nitrogen and oxygen atoms in total. The van der Waals surface area contributed by atoms with E-state index in [1.54, 1.807) is 6.20 Å². The third-order valence-electron chi connectivity index (χ3n) is 5.75. The highest BCUT2D eigenvalue weighted by atomic mass is 32.1. The molecule has 9 heteroatoms. The number of halogens is 1. The van der Waals surface area contributed by atoms with E-state index in [4.69, 9.17) is 0 Å². The minimum Gasteiger partial charge on any atom is -0.349 e. The number of piperidine rings is 1. The maximum Gasteiger partial charge on any atom is 0.274 e. The van der Waals surface area contributed by atoms with Crippen LogP contribution < -0.4 is 5.32 Å². The molecule has 2 aliphatic rings. The van der Waals surface area contributed by atoms with E-state index in [0.29, 0.717) is 18.8 Å². The van der Waals surface area contributed by atoms with Gasteiger partial charge in [-0.25, -0.2) is 9.37 Å². The first kappa shape index (κ1) is 17.3. The molecule has 4 heterocycles. The molecular weight excluding hydrogens is 381 g/mol. The van der Waals surface area contributed by atoms with Gasteiger partial charge in [0.05, 0.1) is 11.8 Å². The molecule has 3 aromatic heterocycles. The molecule has 1 N–H and O–H groups in total. The third-order valence-corrected chi connectivity index (χ3v) is 6.52. The summed E-state index contributed by atoms with van der Waals surface area (Å²) < 4.78 is 15.7. The summed E-state index contributed by atoms with van der Waals surface area (Å²) in [7, 11) is 0. The molecule has 1 saturated heterocycles. The van der Waals surface area contributed by atoms with Crippen molar-refractivity contribution in [3.8, 4) is 0 Å². The molecule has 0 spiro atoms. The Labute approximate surface area is 164 Å². The molecule has 1 aliphatic carbocycles. The number of hydrogen-bond donors (Lipinski definition) is 1. The lowest BCUT2D eigenvalue weighted by atomic mass is 9.91. The smallest absolute Gasteiger partial charge is 0.274 e. The van der Waals surface area contributed by atoms with Crippen molar-refractivity contribution in [1.82, 2.24) is 24.6 Å². The lowest BCUT2D eigenvalue weighted by Gasteiger charge is -2.38. The van der Waals surface area contributed by atoms with Gasteiger partial charge in [-0.2, -0.15) is 0 Å². The summed E-state index contributed by atoms with van der Waals surface area (Å²) in [6.45, 7) is 1.15. The number of carbonyl (C=O) groups excluding carboxylic acids is 2. The maximum absolute atomic E-state index is 13.8. The SMILES string of the molecule is O=C(NC1[C@@H]2CC[C@H]1CN(C(=O)c1cn3ccsc3n1)C2)c1ccncc1F. The molecule has 2 fully saturated rings. The average Bonchev–Trinajstić information content (AvgIpc) is 3.33. The Kier molecular flexibility index (Phi) is 4.12. The highest BCUT2D eigenvalue weighted by Gasteiger charge is 2.44. The fourth-order valence-corrected chi connectivity index (χ4v) is 5.11. The van der Waals surface area contributed by atoms with E-state index in [1.807, 2.05) is 20.9 Å². The molecule has 3 aromatic rings. The lowest BCUT2D eigenvalue weighted by Crippen LogP contribution is -2.54.